The number of carbonyl (C=O) groups is 2. The van der Waals surface area contributed by atoms with Crippen LogP contribution in [0.15, 0.2) is 18.2 Å². The van der Waals surface area contributed by atoms with Gasteiger partial charge in [-0.3, -0.25) is 9.59 Å². The molecule has 0 atom stereocenters. The van der Waals surface area contributed by atoms with E-state index in [4.69, 9.17) is 15.2 Å². The lowest BCUT2D eigenvalue weighted by molar-refractivity contribution is -0.141. The number of anilines is 1. The van der Waals surface area contributed by atoms with E-state index in [0.717, 1.165) is 0 Å². The van der Waals surface area contributed by atoms with Crippen LogP contribution in [0.25, 0.3) is 0 Å². The Morgan fingerprint density at radius 1 is 1.39 bits per heavy atom. The van der Waals surface area contributed by atoms with Gasteiger partial charge in [0.05, 0.1) is 19.3 Å². The second-order valence-electron chi connectivity index (χ2n) is 3.45. The van der Waals surface area contributed by atoms with Crippen molar-refractivity contribution >= 4 is 17.6 Å². The van der Waals surface area contributed by atoms with Gasteiger partial charge in [-0.1, -0.05) is 0 Å². The number of esters is 1. The van der Waals surface area contributed by atoms with Gasteiger partial charge in [-0.25, -0.2) is 0 Å². The molecule has 0 heterocycles. The standard InChI is InChI=1S/C12H16N2O4/c1-3-18-11(15)7-14-12(16)9-6-8(13)4-5-10(9)17-2/h4-6H,3,7,13H2,1-2H3,(H,14,16). The maximum atomic E-state index is 11.8. The maximum absolute atomic E-state index is 11.8. The number of nitrogens with one attached hydrogen (secondary N) is 1. The summed E-state index contributed by atoms with van der Waals surface area (Å²) < 4.78 is 9.74. The summed E-state index contributed by atoms with van der Waals surface area (Å²) in [5.74, 6) is -0.536. The molecule has 0 aromatic heterocycles. The van der Waals surface area contributed by atoms with E-state index < -0.39 is 11.9 Å². The zero-order valence-corrected chi connectivity index (χ0v) is 10.4. The molecule has 0 spiro atoms. The van der Waals surface area contributed by atoms with Crippen LogP contribution in [0.3, 0.4) is 0 Å². The highest BCUT2D eigenvalue weighted by Crippen LogP contribution is 2.20. The van der Waals surface area contributed by atoms with Gasteiger partial charge in [0.1, 0.15) is 12.3 Å². The lowest BCUT2D eigenvalue weighted by Crippen LogP contribution is -2.30. The van der Waals surface area contributed by atoms with Gasteiger partial charge in [-0.05, 0) is 25.1 Å². The normalized spacial score (nSPS) is 9.67. The third-order valence-electron chi connectivity index (χ3n) is 2.17. The topological polar surface area (TPSA) is 90.7 Å². The van der Waals surface area contributed by atoms with E-state index in [1.54, 1.807) is 19.1 Å². The number of hydrogen-bond acceptors (Lipinski definition) is 5. The van der Waals surface area contributed by atoms with Crippen molar-refractivity contribution in [3.63, 3.8) is 0 Å². The van der Waals surface area contributed by atoms with Crippen molar-refractivity contribution in [3.8, 4) is 5.75 Å². The number of nitrogens with two attached hydrogens (primary N) is 1. The molecule has 0 fully saturated rings. The molecule has 1 rings (SSSR count). The van der Waals surface area contributed by atoms with E-state index in [9.17, 15) is 9.59 Å². The van der Waals surface area contributed by atoms with Crippen LogP contribution in [0.2, 0.25) is 0 Å². The highest BCUT2D eigenvalue weighted by atomic mass is 16.5. The summed E-state index contributed by atoms with van der Waals surface area (Å²) in [6.45, 7) is 1.78. The lowest BCUT2D eigenvalue weighted by atomic mass is 10.1. The quantitative estimate of drug-likeness (QED) is 0.590. The third-order valence-corrected chi connectivity index (χ3v) is 2.17. The van der Waals surface area contributed by atoms with Gasteiger partial charge in [-0.2, -0.15) is 0 Å². The number of amides is 1. The number of ether oxygens (including phenoxy) is 2. The predicted octanol–water partition coefficient (Wildman–Crippen LogP) is 0.570. The van der Waals surface area contributed by atoms with Crippen molar-refractivity contribution in [1.29, 1.82) is 0 Å². The minimum atomic E-state index is -0.492. The number of nitrogen functional groups attached to an aromatic ring is 1. The van der Waals surface area contributed by atoms with Crippen LogP contribution in [-0.2, 0) is 9.53 Å². The Morgan fingerprint density at radius 2 is 2.11 bits per heavy atom. The zero-order chi connectivity index (χ0) is 13.5. The molecule has 1 aromatic rings. The van der Waals surface area contributed by atoms with Crippen molar-refractivity contribution in [1.82, 2.24) is 5.32 Å². The molecule has 18 heavy (non-hydrogen) atoms. The van der Waals surface area contributed by atoms with Gasteiger partial charge in [0.2, 0.25) is 0 Å². The van der Waals surface area contributed by atoms with Crippen LogP contribution in [0.1, 0.15) is 17.3 Å². The molecule has 1 amide bonds. The van der Waals surface area contributed by atoms with E-state index >= 15 is 0 Å². The van der Waals surface area contributed by atoms with Crippen LogP contribution in [-0.4, -0.2) is 32.1 Å². The lowest BCUT2D eigenvalue weighted by Gasteiger charge is -2.09. The first-order chi connectivity index (χ1) is 8.58. The Kier molecular flexibility index (Phi) is 4.98. The minimum absolute atomic E-state index is 0.190. The summed E-state index contributed by atoms with van der Waals surface area (Å²) in [6.07, 6.45) is 0. The molecule has 98 valence electrons. The number of hydrogen-bond donors (Lipinski definition) is 2. The average Bonchev–Trinajstić information content (AvgIpc) is 2.36. The molecular formula is C12H16N2O4. The van der Waals surface area contributed by atoms with Crippen molar-refractivity contribution in [2.45, 2.75) is 6.92 Å². The summed E-state index contributed by atoms with van der Waals surface area (Å²) in [5, 5.41) is 2.44. The van der Waals surface area contributed by atoms with Crippen molar-refractivity contribution in [2.75, 3.05) is 26.0 Å². The maximum Gasteiger partial charge on any atom is 0.325 e. The second kappa shape index (κ2) is 6.48. The van der Waals surface area contributed by atoms with E-state index in [1.165, 1.54) is 13.2 Å². The first-order valence-corrected chi connectivity index (χ1v) is 5.45. The molecule has 6 nitrogen and oxygen atoms in total. The van der Waals surface area contributed by atoms with Crippen molar-refractivity contribution in [2.24, 2.45) is 0 Å². The Bertz CT molecular complexity index is 446. The fourth-order valence-electron chi connectivity index (χ4n) is 1.36. The van der Waals surface area contributed by atoms with Gasteiger partial charge in [0.15, 0.2) is 0 Å². The Hall–Kier alpha value is -2.24. The largest absolute Gasteiger partial charge is 0.496 e. The van der Waals surface area contributed by atoms with Gasteiger partial charge >= 0.3 is 5.97 Å². The fourth-order valence-corrected chi connectivity index (χ4v) is 1.36. The monoisotopic (exact) mass is 252 g/mol. The van der Waals surface area contributed by atoms with E-state index in [2.05, 4.69) is 5.32 Å². The highest BCUT2D eigenvalue weighted by molar-refractivity contribution is 5.99. The van der Waals surface area contributed by atoms with Gasteiger partial charge in [-0.15, -0.1) is 0 Å². The summed E-state index contributed by atoms with van der Waals surface area (Å²) in [7, 11) is 1.45. The van der Waals surface area contributed by atoms with E-state index in [-0.39, 0.29) is 18.7 Å². The summed E-state index contributed by atoms with van der Waals surface area (Å²) >= 11 is 0. The molecule has 0 unspecified atom stereocenters. The van der Waals surface area contributed by atoms with Crippen LogP contribution in [0.5, 0.6) is 5.75 Å². The average molecular weight is 252 g/mol. The zero-order valence-electron chi connectivity index (χ0n) is 10.4. The molecular weight excluding hydrogens is 236 g/mol. The molecule has 0 bridgehead atoms. The van der Waals surface area contributed by atoms with Crippen molar-refractivity contribution in [3.05, 3.63) is 23.8 Å². The Labute approximate surface area is 105 Å². The first kappa shape index (κ1) is 13.8. The smallest absolute Gasteiger partial charge is 0.325 e. The van der Waals surface area contributed by atoms with Crippen LogP contribution < -0.4 is 15.8 Å². The SMILES string of the molecule is CCOC(=O)CNC(=O)c1cc(N)ccc1OC. The highest BCUT2D eigenvalue weighted by Gasteiger charge is 2.13. The Morgan fingerprint density at radius 3 is 2.72 bits per heavy atom. The molecule has 0 saturated heterocycles. The molecule has 3 N–H and O–H groups in total. The van der Waals surface area contributed by atoms with E-state index in [0.29, 0.717) is 11.4 Å². The van der Waals surface area contributed by atoms with Gasteiger partial charge in [0.25, 0.3) is 5.91 Å². The minimum Gasteiger partial charge on any atom is -0.496 e. The fraction of sp³-hybridized carbons (Fsp3) is 0.333. The van der Waals surface area contributed by atoms with Crippen LogP contribution in [0.4, 0.5) is 5.69 Å². The molecule has 0 radical (unpaired) electrons. The molecule has 0 aliphatic heterocycles. The molecule has 1 aromatic carbocycles. The summed E-state index contributed by atoms with van der Waals surface area (Å²) in [4.78, 5) is 22.9. The second-order valence-corrected chi connectivity index (χ2v) is 3.45. The third kappa shape index (κ3) is 3.65. The Balaban J connectivity index is 2.71. The molecule has 6 heteroatoms. The first-order valence-electron chi connectivity index (χ1n) is 5.45. The predicted molar refractivity (Wildman–Crippen MR) is 66.4 cm³/mol. The molecule has 0 aliphatic carbocycles. The number of methoxy groups -OCH3 is 1. The summed E-state index contributed by atoms with van der Waals surface area (Å²) in [6, 6.07) is 4.70. The number of carbonyl (C=O) groups excluding carboxylic acids is 2. The molecule has 0 saturated carbocycles. The van der Waals surface area contributed by atoms with Gasteiger partial charge < -0.3 is 20.5 Å². The van der Waals surface area contributed by atoms with E-state index in [1.807, 2.05) is 0 Å². The number of benzene rings is 1. The van der Waals surface area contributed by atoms with Gasteiger partial charge in [0, 0.05) is 5.69 Å². The van der Waals surface area contributed by atoms with Crippen LogP contribution >= 0.6 is 0 Å². The summed E-state index contributed by atoms with van der Waals surface area (Å²) in [5.41, 5.74) is 6.32. The molecule has 0 aliphatic rings. The van der Waals surface area contributed by atoms with Crippen LogP contribution in [0, 0.1) is 0 Å². The van der Waals surface area contributed by atoms with Crippen molar-refractivity contribution < 1.29 is 19.1 Å². The number of rotatable bonds is 5.